The molecule has 13 aromatic rings. The van der Waals surface area contributed by atoms with Crippen LogP contribution in [0.15, 0.2) is 215 Å². The molecule has 6 heterocycles. The maximum Gasteiger partial charge on any atom is 0.297 e. The lowest BCUT2D eigenvalue weighted by atomic mass is 9.35. The van der Waals surface area contributed by atoms with Gasteiger partial charge in [-0.3, -0.25) is 0 Å². The maximum atomic E-state index is 7.66. The molecule has 0 radical (unpaired) electrons. The van der Waals surface area contributed by atoms with Crippen molar-refractivity contribution in [1.29, 1.82) is 0 Å². The molecule has 0 bridgehead atoms. The molecule has 0 saturated heterocycles. The normalized spacial score (nSPS) is 13.7. The molecule has 3 aromatic heterocycles. The van der Waals surface area contributed by atoms with Gasteiger partial charge in [-0.05, 0) is 146 Å². The summed E-state index contributed by atoms with van der Waals surface area (Å²) in [7, 11) is 0. The van der Waals surface area contributed by atoms with Crippen LogP contribution in [-0.2, 0) is 16.2 Å². The van der Waals surface area contributed by atoms with Crippen LogP contribution in [0.25, 0.3) is 71.5 Å². The number of hydrogen-bond acceptors (Lipinski definition) is 5. The molecule has 7 heteroatoms. The number of benzene rings is 10. The molecule has 0 atom stereocenters. The van der Waals surface area contributed by atoms with Gasteiger partial charge < -0.3 is 28.1 Å². The van der Waals surface area contributed by atoms with E-state index in [9.17, 15) is 0 Å². The van der Waals surface area contributed by atoms with Crippen LogP contribution in [0.5, 0.6) is 0 Å². The summed E-state index contributed by atoms with van der Waals surface area (Å²) in [5, 5.41) is 5.72. The minimum absolute atomic E-state index is 0.0466. The monoisotopic (exact) mass is 1050 g/mol. The van der Waals surface area contributed by atoms with Gasteiger partial charge in [0.05, 0.1) is 50.8 Å². The second-order valence-electron chi connectivity index (χ2n) is 25.8. The van der Waals surface area contributed by atoms with E-state index in [0.29, 0.717) is 0 Å². The molecule has 10 aromatic carbocycles. The minimum atomic E-state index is -0.316. The first-order valence-electron chi connectivity index (χ1n) is 28.6. The minimum Gasteiger partial charge on any atom is -0.468 e. The molecule has 0 aliphatic carbocycles. The van der Waals surface area contributed by atoms with Crippen molar-refractivity contribution in [3.05, 3.63) is 223 Å². The molecule has 6 nitrogen and oxygen atoms in total. The average Bonchev–Trinajstić information content (AvgIpc) is 1.91. The quantitative estimate of drug-likeness (QED) is 0.161. The van der Waals surface area contributed by atoms with Crippen molar-refractivity contribution >= 4 is 129 Å². The summed E-state index contributed by atoms with van der Waals surface area (Å²) in [6.07, 6.45) is 0. The van der Waals surface area contributed by atoms with E-state index in [-0.39, 0.29) is 23.0 Å². The van der Waals surface area contributed by atoms with E-state index in [1.54, 1.807) is 0 Å². The van der Waals surface area contributed by atoms with E-state index in [2.05, 4.69) is 288 Å². The summed E-state index contributed by atoms with van der Waals surface area (Å²) in [4.78, 5) is 7.59. The van der Waals surface area contributed by atoms with Crippen LogP contribution < -0.4 is 31.3 Å². The topological polar surface area (TPSA) is 40.9 Å². The number of nitrogens with zero attached hydrogens (tertiary/aromatic N) is 4. The Morgan fingerprint density at radius 2 is 0.975 bits per heavy atom. The van der Waals surface area contributed by atoms with E-state index in [1.807, 2.05) is 0 Å². The maximum absolute atomic E-state index is 7.66. The Morgan fingerprint density at radius 1 is 0.383 bits per heavy atom. The number of anilines is 9. The van der Waals surface area contributed by atoms with Crippen LogP contribution in [0.2, 0.25) is 0 Å². The second kappa shape index (κ2) is 16.7. The van der Waals surface area contributed by atoms with Gasteiger partial charge in [-0.15, -0.1) is 0 Å². The Balaban J connectivity index is 1.11. The molecule has 0 fully saturated rings. The van der Waals surface area contributed by atoms with Gasteiger partial charge in [0.1, 0.15) is 11.2 Å². The lowest BCUT2D eigenvalue weighted by molar-refractivity contribution is 0.590. The molecule has 3 aliphatic rings. The van der Waals surface area contributed by atoms with Crippen LogP contribution >= 0.6 is 0 Å². The zero-order chi connectivity index (χ0) is 55.0. The highest BCUT2D eigenvalue weighted by atomic mass is 16.3. The molecule has 0 saturated carbocycles. The number of fused-ring (bicyclic) bond motifs is 14. The Kier molecular flexibility index (Phi) is 9.84. The van der Waals surface area contributed by atoms with Crippen molar-refractivity contribution in [1.82, 2.24) is 4.57 Å². The largest absolute Gasteiger partial charge is 0.468 e. The van der Waals surface area contributed by atoms with Gasteiger partial charge >= 0.3 is 0 Å². The van der Waals surface area contributed by atoms with Crippen LogP contribution in [0.3, 0.4) is 0 Å². The molecule has 3 aliphatic heterocycles. The molecular formula is C74H61BN4O2. The van der Waals surface area contributed by atoms with Crippen molar-refractivity contribution in [2.75, 3.05) is 14.7 Å². The van der Waals surface area contributed by atoms with Crippen molar-refractivity contribution in [2.24, 2.45) is 0 Å². The summed E-state index contributed by atoms with van der Waals surface area (Å²) in [6.45, 7) is 20.8. The lowest BCUT2D eigenvalue weighted by Gasteiger charge is -2.46. The third-order valence-corrected chi connectivity index (χ3v) is 17.7. The SMILES string of the molecule is CC(C)(C)c1cc2c3c(c1)-n1c4ccc(C(C)(C)C)cc4c4cc(C(C)(C)C)cc(c41)N3c1cc(N(c3ccccc3)c3ccccc3)cc3c1B2c1oc2ccc(-c4ccccc4)cc2c1N3c1cccc2c1oc1ccccc12. The summed E-state index contributed by atoms with van der Waals surface area (Å²) in [5.74, 6) is 0. The molecule has 0 N–H and O–H groups in total. The van der Waals surface area contributed by atoms with Gasteiger partial charge in [0.25, 0.3) is 6.71 Å². The number of furan rings is 2. The number of para-hydroxylation sites is 4. The molecule has 0 unspecified atom stereocenters. The summed E-state index contributed by atoms with van der Waals surface area (Å²) < 4.78 is 17.4. The molecule has 81 heavy (non-hydrogen) atoms. The van der Waals surface area contributed by atoms with Crippen LogP contribution in [0.1, 0.15) is 79.0 Å². The van der Waals surface area contributed by atoms with Gasteiger partial charge in [-0.2, -0.15) is 0 Å². The smallest absolute Gasteiger partial charge is 0.297 e. The second-order valence-corrected chi connectivity index (χ2v) is 25.8. The standard InChI is InChI=1S/C74H61BN4O2/c1-72(2,3)46-33-34-58-54(37-46)55-38-47(73(4,5)6)40-62-67(55)77(58)63-41-48(74(7,8)9)39-57-69(63)79(62)61-43-51(76(49-24-15-11-16-25-49)50-26-17-12-18-27-50)42-60-66(61)75(57)71-68(56-36-45(32-35-65(56)81-71)44-22-13-10-14-23-44)78(60)59-30-21-29-53-52-28-19-20-31-64(52)80-70(53)59/h10-43H,1-9H3. The number of hydrogen-bond donors (Lipinski definition) is 0. The Labute approximate surface area is 473 Å². The Bertz CT molecular complexity index is 4740. The summed E-state index contributed by atoms with van der Waals surface area (Å²) in [5.41, 5.74) is 24.8. The summed E-state index contributed by atoms with van der Waals surface area (Å²) >= 11 is 0. The van der Waals surface area contributed by atoms with Crippen LogP contribution in [0.4, 0.5) is 51.2 Å². The van der Waals surface area contributed by atoms with Crippen LogP contribution in [0, 0.1) is 0 Å². The first-order valence-corrected chi connectivity index (χ1v) is 28.6. The molecule has 392 valence electrons. The highest BCUT2D eigenvalue weighted by Crippen LogP contribution is 2.57. The van der Waals surface area contributed by atoms with Gasteiger partial charge in [-0.1, -0.05) is 178 Å². The zero-order valence-electron chi connectivity index (χ0n) is 47.3. The molecule has 0 spiro atoms. The van der Waals surface area contributed by atoms with Gasteiger partial charge in [0, 0.05) is 49.7 Å². The van der Waals surface area contributed by atoms with Gasteiger partial charge in [0.15, 0.2) is 5.58 Å². The predicted octanol–water partition coefficient (Wildman–Crippen LogP) is 18.9. The van der Waals surface area contributed by atoms with E-state index in [4.69, 9.17) is 8.83 Å². The van der Waals surface area contributed by atoms with E-state index < -0.39 is 0 Å². The number of aromatic nitrogens is 1. The first-order chi connectivity index (χ1) is 39.1. The molecule has 16 rings (SSSR count). The van der Waals surface area contributed by atoms with E-state index >= 15 is 0 Å². The zero-order valence-corrected chi connectivity index (χ0v) is 47.3. The van der Waals surface area contributed by atoms with Crippen molar-refractivity contribution in [3.63, 3.8) is 0 Å². The third-order valence-electron chi connectivity index (χ3n) is 17.7. The van der Waals surface area contributed by atoms with Crippen molar-refractivity contribution < 1.29 is 8.83 Å². The predicted molar refractivity (Wildman–Crippen MR) is 342 cm³/mol. The fourth-order valence-corrected chi connectivity index (χ4v) is 13.6. The highest BCUT2D eigenvalue weighted by molar-refractivity contribution is 7.00. The number of rotatable bonds is 5. The first kappa shape index (κ1) is 47.8. The highest BCUT2D eigenvalue weighted by Gasteiger charge is 2.50. The van der Waals surface area contributed by atoms with E-state index in [0.717, 1.165) is 89.5 Å². The lowest BCUT2D eigenvalue weighted by Crippen LogP contribution is -2.61. The fourth-order valence-electron chi connectivity index (χ4n) is 13.6. The Hall–Kier alpha value is -9.20. The van der Waals surface area contributed by atoms with Gasteiger partial charge in [0.2, 0.25) is 0 Å². The molecule has 0 amide bonds. The van der Waals surface area contributed by atoms with Crippen LogP contribution in [-0.4, -0.2) is 11.3 Å². The Morgan fingerprint density at radius 3 is 1.67 bits per heavy atom. The average molecular weight is 1050 g/mol. The van der Waals surface area contributed by atoms with Crippen molar-refractivity contribution in [3.8, 4) is 16.8 Å². The third kappa shape index (κ3) is 6.94. The van der Waals surface area contributed by atoms with Crippen molar-refractivity contribution in [2.45, 2.75) is 78.6 Å². The van der Waals surface area contributed by atoms with E-state index in [1.165, 1.54) is 66.5 Å². The van der Waals surface area contributed by atoms with Gasteiger partial charge in [-0.25, -0.2) is 0 Å². The fraction of sp³-hybridized carbons (Fsp3) is 0.162. The molecular weight excluding hydrogens is 988 g/mol. The summed E-state index contributed by atoms with van der Waals surface area (Å²) in [6, 6.07) is 76.4.